The van der Waals surface area contributed by atoms with Gasteiger partial charge in [-0.25, -0.2) is 4.39 Å². The highest BCUT2D eigenvalue weighted by Crippen LogP contribution is 2.44. The summed E-state index contributed by atoms with van der Waals surface area (Å²) >= 11 is 0. The summed E-state index contributed by atoms with van der Waals surface area (Å²) in [4.78, 5) is 29.7. The summed E-state index contributed by atoms with van der Waals surface area (Å²) in [5.74, 6) is -0.0962. The molecule has 2 saturated carbocycles. The van der Waals surface area contributed by atoms with Crippen molar-refractivity contribution in [2.24, 2.45) is 11.3 Å². The number of aliphatic hydroxyl groups is 1. The van der Waals surface area contributed by atoms with Gasteiger partial charge in [-0.15, -0.1) is 0 Å². The Hall–Kier alpha value is -2.15. The van der Waals surface area contributed by atoms with Crippen LogP contribution in [0.3, 0.4) is 0 Å². The van der Waals surface area contributed by atoms with Gasteiger partial charge in [-0.05, 0) is 76.0 Å². The van der Waals surface area contributed by atoms with Crippen LogP contribution in [0.2, 0.25) is 0 Å². The van der Waals surface area contributed by atoms with Gasteiger partial charge >= 0.3 is 0 Å². The lowest BCUT2D eigenvalue weighted by molar-refractivity contribution is -0.139. The van der Waals surface area contributed by atoms with Crippen LogP contribution in [0.25, 0.3) is 0 Å². The number of carbonyl (C=O) groups is 2. The average Bonchev–Trinajstić information content (AvgIpc) is 3.03. The van der Waals surface area contributed by atoms with Crippen LogP contribution in [-0.4, -0.2) is 53.6 Å². The molecule has 2 heterocycles. The van der Waals surface area contributed by atoms with Crippen LogP contribution in [0.15, 0.2) is 18.2 Å². The van der Waals surface area contributed by atoms with Gasteiger partial charge in [-0.2, -0.15) is 0 Å². The Bertz CT molecular complexity index is 881. The van der Waals surface area contributed by atoms with Gasteiger partial charge in [0.05, 0.1) is 17.2 Å². The van der Waals surface area contributed by atoms with E-state index in [9.17, 15) is 14.7 Å². The number of carbonyl (C=O) groups excluding carboxylic acids is 2. The summed E-state index contributed by atoms with van der Waals surface area (Å²) in [7, 11) is 0. The van der Waals surface area contributed by atoms with E-state index in [4.69, 9.17) is 0 Å². The van der Waals surface area contributed by atoms with Crippen LogP contribution < -0.4 is 10.2 Å². The smallest absolute Gasteiger partial charge is 0.230 e. The average molecular weight is 444 g/mol. The molecule has 0 radical (unpaired) electrons. The second kappa shape index (κ2) is 8.65. The van der Waals surface area contributed by atoms with Crippen molar-refractivity contribution < 1.29 is 19.1 Å². The molecule has 1 aromatic rings. The number of hydrogen-bond donors (Lipinski definition) is 2. The Balaban J connectivity index is 1.26. The molecule has 6 nitrogen and oxygen atoms in total. The molecule has 2 saturated heterocycles. The molecule has 1 atom stereocenters. The number of nitrogens with zero attached hydrogens (tertiary/aromatic N) is 2. The highest BCUT2D eigenvalue weighted by molar-refractivity contribution is 5.93. The van der Waals surface area contributed by atoms with Crippen molar-refractivity contribution in [1.29, 1.82) is 0 Å². The molecule has 2 aliphatic carbocycles. The fourth-order valence-electron chi connectivity index (χ4n) is 6.04. The zero-order valence-electron chi connectivity index (χ0n) is 18.7. The van der Waals surface area contributed by atoms with E-state index in [0.717, 1.165) is 77.3 Å². The SMILES string of the molecule is O=C(Nc1ccc(N2CCCC3(CCN(C4CCC(O)CC4)C3=O)C2)c(F)c1)C1CCC1. The van der Waals surface area contributed by atoms with Crippen molar-refractivity contribution in [2.45, 2.75) is 76.4 Å². The van der Waals surface area contributed by atoms with Gasteiger partial charge in [0.15, 0.2) is 0 Å². The minimum atomic E-state index is -0.433. The van der Waals surface area contributed by atoms with Crippen LogP contribution in [0.4, 0.5) is 15.8 Å². The summed E-state index contributed by atoms with van der Waals surface area (Å²) in [6.07, 6.45) is 8.49. The monoisotopic (exact) mass is 443 g/mol. The van der Waals surface area contributed by atoms with E-state index >= 15 is 4.39 Å². The molecule has 0 bridgehead atoms. The minimum absolute atomic E-state index is 0.0211. The molecule has 2 N–H and O–H groups in total. The van der Waals surface area contributed by atoms with Crippen LogP contribution in [0.1, 0.15) is 64.2 Å². The van der Waals surface area contributed by atoms with Gasteiger partial charge in [0.25, 0.3) is 0 Å². The molecule has 1 spiro atoms. The first-order valence-electron chi connectivity index (χ1n) is 12.3. The van der Waals surface area contributed by atoms with Crippen molar-refractivity contribution >= 4 is 23.2 Å². The first-order valence-corrected chi connectivity index (χ1v) is 12.3. The number of halogens is 1. The summed E-state index contributed by atoms with van der Waals surface area (Å²) in [6.45, 7) is 2.04. The normalized spacial score (nSPS) is 31.1. The molecule has 1 unspecified atom stereocenters. The third-order valence-electron chi connectivity index (χ3n) is 8.26. The van der Waals surface area contributed by atoms with Crippen molar-refractivity contribution in [2.75, 3.05) is 29.9 Å². The Morgan fingerprint density at radius 3 is 2.53 bits per heavy atom. The second-order valence-electron chi connectivity index (χ2n) is 10.3. The third kappa shape index (κ3) is 4.00. The summed E-state index contributed by atoms with van der Waals surface area (Å²) in [6, 6.07) is 5.15. The van der Waals surface area contributed by atoms with Crippen molar-refractivity contribution in [3.63, 3.8) is 0 Å². The summed E-state index contributed by atoms with van der Waals surface area (Å²) in [5.41, 5.74) is 0.577. The van der Waals surface area contributed by atoms with Crippen LogP contribution >= 0.6 is 0 Å². The molecule has 4 fully saturated rings. The van der Waals surface area contributed by atoms with Crippen molar-refractivity contribution in [3.05, 3.63) is 24.0 Å². The standard InChI is InChI=1S/C25H34FN3O3/c26-21-15-18(27-23(31)17-3-1-4-17)5-10-22(21)28-13-2-11-25(16-28)12-14-29(24(25)32)19-6-8-20(30)9-7-19/h5,10,15,17,19-20,30H,1-4,6-9,11-14,16H2,(H,27,31). The van der Waals surface area contributed by atoms with Crippen molar-refractivity contribution in [1.82, 2.24) is 4.90 Å². The molecular weight excluding hydrogens is 409 g/mol. The number of amides is 2. The van der Waals surface area contributed by atoms with E-state index in [0.29, 0.717) is 17.9 Å². The number of nitrogens with one attached hydrogen (secondary N) is 1. The quantitative estimate of drug-likeness (QED) is 0.745. The number of piperidine rings is 1. The fraction of sp³-hybridized carbons (Fsp3) is 0.680. The van der Waals surface area contributed by atoms with Crippen LogP contribution in [0.5, 0.6) is 0 Å². The molecule has 2 amide bonds. The topological polar surface area (TPSA) is 72.9 Å². The first-order chi connectivity index (χ1) is 15.4. The number of hydrogen-bond acceptors (Lipinski definition) is 4. The Morgan fingerprint density at radius 1 is 1.06 bits per heavy atom. The van der Waals surface area contributed by atoms with Gasteiger partial charge in [0.2, 0.25) is 11.8 Å². The largest absolute Gasteiger partial charge is 0.393 e. The molecule has 5 rings (SSSR count). The highest BCUT2D eigenvalue weighted by Gasteiger charge is 2.50. The molecular formula is C25H34FN3O3. The Kier molecular flexibility index (Phi) is 5.86. The van der Waals surface area contributed by atoms with E-state index in [1.807, 2.05) is 9.80 Å². The Morgan fingerprint density at radius 2 is 1.84 bits per heavy atom. The number of aliphatic hydroxyl groups excluding tert-OH is 1. The van der Waals surface area contributed by atoms with E-state index in [-0.39, 0.29) is 35.7 Å². The maximum Gasteiger partial charge on any atom is 0.230 e. The number of anilines is 2. The lowest BCUT2D eigenvalue weighted by Gasteiger charge is -2.41. The zero-order chi connectivity index (χ0) is 22.3. The van der Waals surface area contributed by atoms with E-state index in [1.165, 1.54) is 6.07 Å². The lowest BCUT2D eigenvalue weighted by Crippen LogP contribution is -2.50. The van der Waals surface area contributed by atoms with Crippen LogP contribution in [-0.2, 0) is 9.59 Å². The first kappa shape index (κ1) is 21.7. The predicted octanol–water partition coefficient (Wildman–Crippen LogP) is 3.69. The number of rotatable bonds is 4. The lowest BCUT2D eigenvalue weighted by atomic mass is 9.78. The van der Waals surface area contributed by atoms with E-state index < -0.39 is 5.41 Å². The van der Waals surface area contributed by atoms with Gasteiger partial charge in [0.1, 0.15) is 5.82 Å². The number of likely N-dealkylation sites (tertiary alicyclic amines) is 1. The third-order valence-corrected chi connectivity index (χ3v) is 8.26. The van der Waals surface area contributed by atoms with E-state index in [1.54, 1.807) is 12.1 Å². The van der Waals surface area contributed by atoms with Gasteiger partial charge in [-0.3, -0.25) is 9.59 Å². The maximum atomic E-state index is 15.0. The summed E-state index contributed by atoms with van der Waals surface area (Å²) in [5, 5.41) is 12.6. The molecule has 7 heteroatoms. The molecule has 2 aliphatic heterocycles. The van der Waals surface area contributed by atoms with Gasteiger partial charge in [0, 0.05) is 37.3 Å². The van der Waals surface area contributed by atoms with E-state index in [2.05, 4.69) is 5.32 Å². The Labute approximate surface area is 189 Å². The zero-order valence-corrected chi connectivity index (χ0v) is 18.7. The second-order valence-corrected chi connectivity index (χ2v) is 10.3. The molecule has 32 heavy (non-hydrogen) atoms. The predicted molar refractivity (Wildman–Crippen MR) is 121 cm³/mol. The molecule has 1 aromatic carbocycles. The maximum absolute atomic E-state index is 15.0. The fourth-order valence-corrected chi connectivity index (χ4v) is 6.04. The minimum Gasteiger partial charge on any atom is -0.393 e. The highest BCUT2D eigenvalue weighted by atomic mass is 19.1. The molecule has 174 valence electrons. The van der Waals surface area contributed by atoms with Gasteiger partial charge < -0.3 is 20.2 Å². The molecule has 4 aliphatic rings. The van der Waals surface area contributed by atoms with Crippen LogP contribution in [0, 0.1) is 17.2 Å². The number of benzene rings is 1. The van der Waals surface area contributed by atoms with Crippen molar-refractivity contribution in [3.8, 4) is 0 Å². The molecule has 0 aromatic heterocycles. The van der Waals surface area contributed by atoms with Gasteiger partial charge in [-0.1, -0.05) is 6.42 Å². The summed E-state index contributed by atoms with van der Waals surface area (Å²) < 4.78 is 15.0.